The number of pyridine rings is 1. The monoisotopic (exact) mass is 255 g/mol. The highest BCUT2D eigenvalue weighted by Crippen LogP contribution is 2.17. The van der Waals surface area contributed by atoms with Gasteiger partial charge in [-0.3, -0.25) is 4.79 Å². The largest absolute Gasteiger partial charge is 0.322 e. The van der Waals surface area contributed by atoms with Crippen molar-refractivity contribution in [1.82, 2.24) is 4.98 Å². The summed E-state index contributed by atoms with van der Waals surface area (Å²) in [4.78, 5) is 15.3. The number of carbonyl (C=O) groups excluding carboxylic acids is 1. The molecular formula is C14H10FN3O. The summed E-state index contributed by atoms with van der Waals surface area (Å²) in [6, 6.07) is 9.47. The Kier molecular flexibility index (Phi) is 3.53. The Morgan fingerprint density at radius 3 is 2.79 bits per heavy atom. The van der Waals surface area contributed by atoms with Gasteiger partial charge in [0.2, 0.25) is 5.95 Å². The number of nitrogens with one attached hydrogen (secondary N) is 1. The lowest BCUT2D eigenvalue weighted by Gasteiger charge is -2.08. The van der Waals surface area contributed by atoms with E-state index in [2.05, 4.69) is 10.3 Å². The Bertz CT molecular complexity index is 659. The highest BCUT2D eigenvalue weighted by atomic mass is 19.1. The minimum atomic E-state index is -0.640. The Morgan fingerprint density at radius 1 is 1.37 bits per heavy atom. The normalized spacial score (nSPS) is 9.74. The molecule has 0 saturated carbocycles. The van der Waals surface area contributed by atoms with Crippen molar-refractivity contribution in [1.29, 1.82) is 5.26 Å². The summed E-state index contributed by atoms with van der Waals surface area (Å²) in [5.74, 6) is -1.04. The molecule has 2 aromatic rings. The molecule has 2 rings (SSSR count). The molecule has 0 aliphatic carbocycles. The summed E-state index contributed by atoms with van der Waals surface area (Å²) in [6.45, 7) is 1.82. The number of nitrogens with zero attached hydrogens (tertiary/aromatic N) is 2. The average Bonchev–Trinajstić information content (AvgIpc) is 2.42. The van der Waals surface area contributed by atoms with Crippen LogP contribution in [0.3, 0.4) is 0 Å². The lowest BCUT2D eigenvalue weighted by Crippen LogP contribution is -2.13. The zero-order chi connectivity index (χ0) is 13.8. The van der Waals surface area contributed by atoms with E-state index in [1.165, 1.54) is 6.07 Å². The molecule has 0 radical (unpaired) electrons. The minimum absolute atomic E-state index is 0.253. The van der Waals surface area contributed by atoms with E-state index in [0.717, 1.165) is 17.8 Å². The number of aromatic nitrogens is 1. The smallest absolute Gasteiger partial charge is 0.257 e. The van der Waals surface area contributed by atoms with E-state index in [-0.39, 0.29) is 5.56 Å². The fourth-order valence-corrected chi connectivity index (χ4v) is 1.53. The average molecular weight is 255 g/mol. The fourth-order valence-electron chi connectivity index (χ4n) is 1.53. The molecule has 94 valence electrons. The van der Waals surface area contributed by atoms with Crippen LogP contribution in [0.25, 0.3) is 0 Å². The molecule has 0 unspecified atom stereocenters. The van der Waals surface area contributed by atoms with Crippen molar-refractivity contribution < 1.29 is 9.18 Å². The quantitative estimate of drug-likeness (QED) is 0.839. The second-order valence-electron chi connectivity index (χ2n) is 3.97. The predicted molar refractivity (Wildman–Crippen MR) is 68.0 cm³/mol. The second kappa shape index (κ2) is 5.27. The predicted octanol–water partition coefficient (Wildman–Crippen LogP) is 2.65. The van der Waals surface area contributed by atoms with Crippen LogP contribution in [0.2, 0.25) is 0 Å². The maximum Gasteiger partial charge on any atom is 0.257 e. The Hall–Kier alpha value is -2.74. The third-order valence-electron chi connectivity index (χ3n) is 2.60. The van der Waals surface area contributed by atoms with E-state index in [9.17, 15) is 9.18 Å². The van der Waals surface area contributed by atoms with Gasteiger partial charge >= 0.3 is 0 Å². The van der Waals surface area contributed by atoms with Gasteiger partial charge in [0.15, 0.2) is 0 Å². The summed E-state index contributed by atoms with van der Waals surface area (Å²) in [7, 11) is 0. The Labute approximate surface area is 109 Å². The van der Waals surface area contributed by atoms with Gasteiger partial charge in [-0.2, -0.15) is 9.65 Å². The van der Waals surface area contributed by atoms with Crippen LogP contribution in [0, 0.1) is 24.2 Å². The summed E-state index contributed by atoms with van der Waals surface area (Å²) < 4.78 is 12.7. The first-order valence-electron chi connectivity index (χ1n) is 5.54. The molecule has 5 heteroatoms. The highest BCUT2D eigenvalue weighted by molar-refractivity contribution is 6.04. The van der Waals surface area contributed by atoms with Crippen molar-refractivity contribution in [3.8, 4) is 6.07 Å². The van der Waals surface area contributed by atoms with Gasteiger partial charge in [0.05, 0.1) is 17.2 Å². The number of amides is 1. The Balaban J connectivity index is 2.24. The molecule has 19 heavy (non-hydrogen) atoms. The van der Waals surface area contributed by atoms with Gasteiger partial charge in [0.1, 0.15) is 0 Å². The van der Waals surface area contributed by atoms with E-state index < -0.39 is 11.9 Å². The van der Waals surface area contributed by atoms with Gasteiger partial charge in [0, 0.05) is 11.9 Å². The van der Waals surface area contributed by atoms with Gasteiger partial charge in [-0.25, -0.2) is 4.98 Å². The van der Waals surface area contributed by atoms with Crippen LogP contribution in [0.15, 0.2) is 36.5 Å². The molecule has 0 spiro atoms. The molecule has 1 aromatic heterocycles. The molecule has 1 amide bonds. The summed E-state index contributed by atoms with van der Waals surface area (Å²) in [5.41, 5.74) is 2.09. The molecular weight excluding hydrogens is 245 g/mol. The lowest BCUT2D eigenvalue weighted by atomic mass is 10.1. The topological polar surface area (TPSA) is 65.8 Å². The number of benzene rings is 1. The van der Waals surface area contributed by atoms with E-state index in [1.54, 1.807) is 18.2 Å². The minimum Gasteiger partial charge on any atom is -0.322 e. The molecule has 0 bridgehead atoms. The van der Waals surface area contributed by atoms with Gasteiger partial charge in [0.25, 0.3) is 5.91 Å². The van der Waals surface area contributed by atoms with Crippen molar-refractivity contribution >= 4 is 11.6 Å². The molecule has 0 saturated heterocycles. The fraction of sp³-hybridized carbons (Fsp3) is 0.0714. The Morgan fingerprint density at radius 2 is 2.16 bits per heavy atom. The molecule has 1 heterocycles. The molecule has 1 aromatic carbocycles. The number of halogens is 1. The van der Waals surface area contributed by atoms with Crippen LogP contribution in [-0.4, -0.2) is 10.9 Å². The third kappa shape index (κ3) is 2.93. The number of rotatable bonds is 2. The van der Waals surface area contributed by atoms with Crippen molar-refractivity contribution in [3.05, 3.63) is 59.2 Å². The molecule has 0 aliphatic rings. The van der Waals surface area contributed by atoms with Crippen LogP contribution in [0.4, 0.5) is 10.1 Å². The first-order valence-corrected chi connectivity index (χ1v) is 5.54. The lowest BCUT2D eigenvalue weighted by molar-refractivity contribution is 0.102. The maximum absolute atomic E-state index is 12.7. The molecule has 4 nitrogen and oxygen atoms in total. The van der Waals surface area contributed by atoms with Gasteiger partial charge < -0.3 is 5.32 Å². The summed E-state index contributed by atoms with van der Waals surface area (Å²) >= 11 is 0. The molecule has 0 aliphatic heterocycles. The van der Waals surface area contributed by atoms with Crippen molar-refractivity contribution in [2.45, 2.75) is 6.92 Å². The van der Waals surface area contributed by atoms with Crippen molar-refractivity contribution in [2.75, 3.05) is 5.32 Å². The zero-order valence-corrected chi connectivity index (χ0v) is 10.1. The van der Waals surface area contributed by atoms with Crippen LogP contribution >= 0.6 is 0 Å². The van der Waals surface area contributed by atoms with Crippen LogP contribution < -0.4 is 5.32 Å². The number of carbonyl (C=O) groups is 1. The number of hydrogen-bond acceptors (Lipinski definition) is 3. The number of anilines is 1. The summed E-state index contributed by atoms with van der Waals surface area (Å²) in [6.07, 6.45) is 1.16. The highest BCUT2D eigenvalue weighted by Gasteiger charge is 2.09. The van der Waals surface area contributed by atoms with Crippen LogP contribution in [0.1, 0.15) is 21.5 Å². The van der Waals surface area contributed by atoms with Crippen LogP contribution in [0.5, 0.6) is 0 Å². The van der Waals surface area contributed by atoms with Crippen molar-refractivity contribution in [2.24, 2.45) is 0 Å². The second-order valence-corrected chi connectivity index (χ2v) is 3.97. The number of nitriles is 1. The molecule has 0 fully saturated rings. The third-order valence-corrected chi connectivity index (χ3v) is 2.60. The maximum atomic E-state index is 12.7. The van der Waals surface area contributed by atoms with Crippen LogP contribution in [-0.2, 0) is 0 Å². The van der Waals surface area contributed by atoms with Gasteiger partial charge in [-0.05, 0) is 36.8 Å². The van der Waals surface area contributed by atoms with E-state index in [1.807, 2.05) is 13.0 Å². The van der Waals surface area contributed by atoms with E-state index in [0.29, 0.717) is 11.3 Å². The standard InChI is InChI=1S/C14H10FN3O/c1-9-2-3-10(7-16)6-12(9)18-14(19)11-4-5-13(15)17-8-11/h2-6,8H,1H3,(H,18,19). The zero-order valence-electron chi connectivity index (χ0n) is 10.1. The van der Waals surface area contributed by atoms with E-state index in [4.69, 9.17) is 5.26 Å². The molecule has 1 N–H and O–H groups in total. The summed E-state index contributed by atoms with van der Waals surface area (Å²) in [5, 5.41) is 11.5. The SMILES string of the molecule is Cc1ccc(C#N)cc1NC(=O)c1ccc(F)nc1. The molecule has 0 atom stereocenters. The first kappa shape index (κ1) is 12.7. The number of aryl methyl sites for hydroxylation is 1. The van der Waals surface area contributed by atoms with Gasteiger partial charge in [-0.15, -0.1) is 0 Å². The van der Waals surface area contributed by atoms with E-state index >= 15 is 0 Å². The first-order chi connectivity index (χ1) is 9.10. The number of hydrogen-bond donors (Lipinski definition) is 1. The van der Waals surface area contributed by atoms with Gasteiger partial charge in [-0.1, -0.05) is 6.07 Å². The van der Waals surface area contributed by atoms with Crippen molar-refractivity contribution in [3.63, 3.8) is 0 Å².